The van der Waals surface area contributed by atoms with E-state index in [9.17, 15) is 0 Å². The van der Waals surface area contributed by atoms with Gasteiger partial charge >= 0.3 is 0 Å². The molecule has 0 aromatic heterocycles. The Morgan fingerprint density at radius 1 is 1.44 bits per heavy atom. The van der Waals surface area contributed by atoms with Gasteiger partial charge in [0.15, 0.2) is 0 Å². The van der Waals surface area contributed by atoms with E-state index in [1.165, 1.54) is 0 Å². The highest BCUT2D eigenvalue weighted by atomic mass is 79.9. The molecule has 88 valence electrons. The third-order valence-electron chi connectivity index (χ3n) is 2.67. The van der Waals surface area contributed by atoms with Crippen molar-refractivity contribution in [2.75, 3.05) is 20.3 Å². The van der Waals surface area contributed by atoms with Gasteiger partial charge in [0.25, 0.3) is 0 Å². The first-order chi connectivity index (χ1) is 7.63. The first-order valence-corrected chi connectivity index (χ1v) is 6.43. The lowest BCUT2D eigenvalue weighted by molar-refractivity contribution is -0.105. The van der Waals surface area contributed by atoms with Crippen LogP contribution in [-0.2, 0) is 9.47 Å². The number of benzene rings is 1. The smallest absolute Gasteiger partial charge is 0.0908 e. The summed E-state index contributed by atoms with van der Waals surface area (Å²) in [7, 11) is 1.67. The van der Waals surface area contributed by atoms with Crippen molar-refractivity contribution in [3.05, 3.63) is 32.2 Å². The van der Waals surface area contributed by atoms with Crippen LogP contribution < -0.4 is 0 Å². The molecular weight excluding hydrogens is 315 g/mol. The minimum atomic E-state index is -0.0590. The van der Waals surface area contributed by atoms with E-state index in [1.54, 1.807) is 13.2 Å². The molecule has 0 radical (unpaired) electrons. The Morgan fingerprint density at radius 3 is 2.62 bits per heavy atom. The molecule has 0 saturated carbocycles. The fraction of sp³-hybridized carbons (Fsp3) is 0.455. The lowest BCUT2D eigenvalue weighted by Gasteiger charge is -2.33. The highest BCUT2D eigenvalue weighted by molar-refractivity contribution is 9.10. The van der Waals surface area contributed by atoms with Gasteiger partial charge in [0.1, 0.15) is 0 Å². The van der Waals surface area contributed by atoms with Gasteiger partial charge in [-0.15, -0.1) is 0 Å². The summed E-state index contributed by atoms with van der Waals surface area (Å²) in [5, 5.41) is 1.30. The molecular formula is C11H11BrCl2O2. The van der Waals surface area contributed by atoms with E-state index in [4.69, 9.17) is 32.7 Å². The summed E-state index contributed by atoms with van der Waals surface area (Å²) in [6.07, 6.45) is -0.0590. The second kappa shape index (κ2) is 5.23. The summed E-state index contributed by atoms with van der Waals surface area (Å²) in [5.41, 5.74) is 0.914. The van der Waals surface area contributed by atoms with E-state index in [1.807, 2.05) is 6.07 Å². The van der Waals surface area contributed by atoms with Crippen molar-refractivity contribution in [2.45, 2.75) is 6.10 Å². The Labute approximate surface area is 113 Å². The van der Waals surface area contributed by atoms with Crippen LogP contribution >= 0.6 is 39.1 Å². The first kappa shape index (κ1) is 12.7. The van der Waals surface area contributed by atoms with Crippen LogP contribution in [0.3, 0.4) is 0 Å². The zero-order chi connectivity index (χ0) is 11.7. The van der Waals surface area contributed by atoms with Crippen LogP contribution in [0, 0.1) is 5.92 Å². The molecule has 0 spiro atoms. The molecule has 0 N–H and O–H groups in total. The van der Waals surface area contributed by atoms with Gasteiger partial charge in [-0.3, -0.25) is 0 Å². The summed E-state index contributed by atoms with van der Waals surface area (Å²) >= 11 is 15.6. The van der Waals surface area contributed by atoms with E-state index in [2.05, 4.69) is 15.9 Å². The number of ether oxygens (including phenoxy) is 2. The van der Waals surface area contributed by atoms with Gasteiger partial charge in [0.05, 0.1) is 24.3 Å². The molecule has 2 rings (SSSR count). The third kappa shape index (κ3) is 2.39. The normalized spacial score (nSPS) is 18.2. The average Bonchev–Trinajstić information content (AvgIpc) is 2.17. The molecule has 1 aromatic carbocycles. The van der Waals surface area contributed by atoms with Crippen molar-refractivity contribution in [3.8, 4) is 0 Å². The van der Waals surface area contributed by atoms with Crippen LogP contribution in [0.5, 0.6) is 0 Å². The molecule has 16 heavy (non-hydrogen) atoms. The lowest BCUT2D eigenvalue weighted by Crippen LogP contribution is -2.34. The number of hydrogen-bond donors (Lipinski definition) is 0. The maximum absolute atomic E-state index is 6.24. The number of rotatable bonds is 3. The maximum atomic E-state index is 6.24. The van der Waals surface area contributed by atoms with E-state index in [-0.39, 0.29) is 6.10 Å². The Kier molecular flexibility index (Phi) is 4.14. The Hall–Kier alpha value is 0.200. The molecule has 1 atom stereocenters. The summed E-state index contributed by atoms with van der Waals surface area (Å²) in [4.78, 5) is 0. The Balaban J connectivity index is 2.36. The second-order valence-electron chi connectivity index (χ2n) is 3.74. The molecule has 1 heterocycles. The summed E-state index contributed by atoms with van der Waals surface area (Å²) in [6, 6.07) is 3.62. The standard InChI is InChI=1S/C11H11BrCl2O2/c1-15-11(6-4-16-5-6)8-2-7(13)3-9(12)10(8)14/h2-3,6,11H,4-5H2,1H3. The quantitative estimate of drug-likeness (QED) is 0.779. The largest absolute Gasteiger partial charge is 0.380 e. The third-order valence-corrected chi connectivity index (χ3v) is 4.17. The van der Waals surface area contributed by atoms with E-state index in [0.29, 0.717) is 29.2 Å². The van der Waals surface area contributed by atoms with E-state index in [0.717, 1.165) is 10.0 Å². The number of hydrogen-bond acceptors (Lipinski definition) is 2. The van der Waals surface area contributed by atoms with Gasteiger partial charge in [0, 0.05) is 28.1 Å². The minimum absolute atomic E-state index is 0.0590. The average molecular weight is 326 g/mol. The molecule has 0 bridgehead atoms. The molecule has 5 heteroatoms. The van der Waals surface area contributed by atoms with Crippen molar-refractivity contribution >= 4 is 39.1 Å². The highest BCUT2D eigenvalue weighted by Gasteiger charge is 2.31. The van der Waals surface area contributed by atoms with Gasteiger partial charge in [-0.1, -0.05) is 23.2 Å². The molecule has 1 aliphatic rings. The van der Waals surface area contributed by atoms with Crippen molar-refractivity contribution in [2.24, 2.45) is 5.92 Å². The van der Waals surface area contributed by atoms with Crippen LogP contribution in [-0.4, -0.2) is 20.3 Å². The molecule has 1 fully saturated rings. The monoisotopic (exact) mass is 324 g/mol. The van der Waals surface area contributed by atoms with Gasteiger partial charge < -0.3 is 9.47 Å². The molecule has 0 amide bonds. The second-order valence-corrected chi connectivity index (χ2v) is 5.41. The zero-order valence-corrected chi connectivity index (χ0v) is 11.8. The molecule has 1 aromatic rings. The summed E-state index contributed by atoms with van der Waals surface area (Å²) < 4.78 is 11.4. The fourth-order valence-corrected chi connectivity index (χ4v) is 2.84. The molecule has 2 nitrogen and oxygen atoms in total. The predicted octanol–water partition coefficient (Wildman–Crippen LogP) is 4.09. The van der Waals surface area contributed by atoms with Gasteiger partial charge in [-0.05, 0) is 28.1 Å². The Bertz CT molecular complexity index is 394. The molecule has 1 saturated heterocycles. The predicted molar refractivity (Wildman–Crippen MR) is 68.2 cm³/mol. The van der Waals surface area contributed by atoms with Crippen LogP contribution in [0.1, 0.15) is 11.7 Å². The van der Waals surface area contributed by atoms with Crippen molar-refractivity contribution in [3.63, 3.8) is 0 Å². The van der Waals surface area contributed by atoms with Crippen LogP contribution in [0.2, 0.25) is 10.0 Å². The SMILES string of the molecule is COC(c1cc(Cl)cc(Br)c1Cl)C1COC1. The van der Waals surface area contributed by atoms with Gasteiger partial charge in [-0.25, -0.2) is 0 Å². The lowest BCUT2D eigenvalue weighted by atomic mass is 9.94. The number of methoxy groups -OCH3 is 1. The topological polar surface area (TPSA) is 18.5 Å². The van der Waals surface area contributed by atoms with Crippen molar-refractivity contribution in [1.29, 1.82) is 0 Å². The van der Waals surface area contributed by atoms with Gasteiger partial charge in [-0.2, -0.15) is 0 Å². The zero-order valence-electron chi connectivity index (χ0n) is 8.67. The fourth-order valence-electron chi connectivity index (χ4n) is 1.79. The Morgan fingerprint density at radius 2 is 2.12 bits per heavy atom. The first-order valence-electron chi connectivity index (χ1n) is 4.88. The summed E-state index contributed by atoms with van der Waals surface area (Å²) in [5.74, 6) is 0.355. The number of halogens is 3. The van der Waals surface area contributed by atoms with E-state index >= 15 is 0 Å². The maximum Gasteiger partial charge on any atom is 0.0908 e. The van der Waals surface area contributed by atoms with Crippen LogP contribution in [0.4, 0.5) is 0 Å². The molecule has 1 aliphatic heterocycles. The van der Waals surface area contributed by atoms with Crippen molar-refractivity contribution < 1.29 is 9.47 Å². The van der Waals surface area contributed by atoms with Crippen LogP contribution in [0.15, 0.2) is 16.6 Å². The van der Waals surface area contributed by atoms with Crippen molar-refractivity contribution in [1.82, 2.24) is 0 Å². The summed E-state index contributed by atoms with van der Waals surface area (Å²) in [6.45, 7) is 1.41. The highest BCUT2D eigenvalue weighted by Crippen LogP contribution is 2.39. The minimum Gasteiger partial charge on any atom is -0.380 e. The van der Waals surface area contributed by atoms with E-state index < -0.39 is 0 Å². The van der Waals surface area contributed by atoms with Gasteiger partial charge in [0.2, 0.25) is 0 Å². The van der Waals surface area contributed by atoms with Crippen LogP contribution in [0.25, 0.3) is 0 Å². The molecule has 0 aliphatic carbocycles. The molecule has 1 unspecified atom stereocenters.